The van der Waals surface area contributed by atoms with Crippen LogP contribution in [0.25, 0.3) is 0 Å². The summed E-state index contributed by atoms with van der Waals surface area (Å²) in [5, 5.41) is 6.82. The fourth-order valence-corrected chi connectivity index (χ4v) is 2.75. The van der Waals surface area contributed by atoms with Crippen LogP contribution in [-0.4, -0.2) is 63.0 Å². The number of aromatic nitrogens is 3. The van der Waals surface area contributed by atoms with E-state index < -0.39 is 0 Å². The summed E-state index contributed by atoms with van der Waals surface area (Å²) in [4.78, 5) is 32.5. The Morgan fingerprint density at radius 1 is 1.41 bits per heavy atom. The van der Waals surface area contributed by atoms with Gasteiger partial charge in [0.1, 0.15) is 11.9 Å². The number of amides is 2. The standard InChI is InChI=1S/C15H25N5O2/c1-4-5-6-12-15(22)19(3)9-10-20(12)14(21)8-7-13-16-11(2)17-18-13/h12H,4-10H2,1-3H3,(H,16,17,18)/t12-/m1/s1. The number of nitrogens with one attached hydrogen (secondary N) is 1. The highest BCUT2D eigenvalue weighted by Crippen LogP contribution is 2.17. The average molecular weight is 307 g/mol. The highest BCUT2D eigenvalue weighted by molar-refractivity contribution is 5.88. The predicted octanol–water partition coefficient (Wildman–Crippen LogP) is 0.905. The molecule has 0 unspecified atom stereocenters. The van der Waals surface area contributed by atoms with Crippen molar-refractivity contribution in [3.8, 4) is 0 Å². The average Bonchev–Trinajstić information content (AvgIpc) is 2.92. The second-order valence-electron chi connectivity index (χ2n) is 5.84. The number of hydrogen-bond acceptors (Lipinski definition) is 4. The van der Waals surface area contributed by atoms with Crippen molar-refractivity contribution in [1.82, 2.24) is 25.0 Å². The van der Waals surface area contributed by atoms with Gasteiger partial charge in [0.2, 0.25) is 11.8 Å². The zero-order valence-electron chi connectivity index (χ0n) is 13.6. The van der Waals surface area contributed by atoms with E-state index in [0.717, 1.165) is 25.1 Å². The highest BCUT2D eigenvalue weighted by Gasteiger charge is 2.35. The number of aryl methyl sites for hydroxylation is 2. The lowest BCUT2D eigenvalue weighted by atomic mass is 10.0. The molecule has 1 aromatic heterocycles. The van der Waals surface area contributed by atoms with Crippen LogP contribution < -0.4 is 0 Å². The Morgan fingerprint density at radius 3 is 2.82 bits per heavy atom. The Bertz CT molecular complexity index is 528. The first-order valence-corrected chi connectivity index (χ1v) is 7.95. The molecule has 1 N–H and O–H groups in total. The summed E-state index contributed by atoms with van der Waals surface area (Å²) in [6, 6.07) is -0.305. The van der Waals surface area contributed by atoms with E-state index in [1.807, 2.05) is 6.92 Å². The number of carbonyl (C=O) groups excluding carboxylic acids is 2. The molecule has 2 heterocycles. The SMILES string of the molecule is CCCC[C@@H]1C(=O)N(C)CCN1C(=O)CCc1n[nH]c(C)n1. The van der Waals surface area contributed by atoms with Gasteiger partial charge in [-0.05, 0) is 13.3 Å². The molecule has 2 rings (SSSR count). The Balaban J connectivity index is 1.97. The third-order valence-electron chi connectivity index (χ3n) is 4.07. The maximum Gasteiger partial charge on any atom is 0.245 e. The number of unbranched alkanes of at least 4 members (excludes halogenated alkanes) is 1. The lowest BCUT2D eigenvalue weighted by Crippen LogP contribution is -2.57. The fourth-order valence-electron chi connectivity index (χ4n) is 2.75. The summed E-state index contributed by atoms with van der Waals surface area (Å²) in [6.07, 6.45) is 3.56. The summed E-state index contributed by atoms with van der Waals surface area (Å²) >= 11 is 0. The second kappa shape index (κ2) is 7.38. The molecule has 1 aromatic rings. The monoisotopic (exact) mass is 307 g/mol. The molecule has 0 radical (unpaired) electrons. The Kier molecular flexibility index (Phi) is 5.51. The Labute approximate surface area is 131 Å². The van der Waals surface area contributed by atoms with Crippen LogP contribution in [0, 0.1) is 6.92 Å². The summed E-state index contributed by atoms with van der Waals surface area (Å²) in [5.74, 6) is 1.47. The predicted molar refractivity (Wildman–Crippen MR) is 82.1 cm³/mol. The van der Waals surface area contributed by atoms with Crippen LogP contribution in [0.5, 0.6) is 0 Å². The fraction of sp³-hybridized carbons (Fsp3) is 0.733. The van der Waals surface area contributed by atoms with Gasteiger partial charge in [0.15, 0.2) is 5.82 Å². The van der Waals surface area contributed by atoms with E-state index in [1.54, 1.807) is 16.8 Å². The van der Waals surface area contributed by atoms with Crippen LogP contribution in [0.1, 0.15) is 44.3 Å². The molecule has 1 saturated heterocycles. The van der Waals surface area contributed by atoms with Gasteiger partial charge in [-0.2, -0.15) is 5.10 Å². The maximum atomic E-state index is 12.5. The first-order chi connectivity index (χ1) is 10.5. The van der Waals surface area contributed by atoms with Crippen molar-refractivity contribution >= 4 is 11.8 Å². The van der Waals surface area contributed by atoms with E-state index in [4.69, 9.17) is 0 Å². The summed E-state index contributed by atoms with van der Waals surface area (Å²) in [5.41, 5.74) is 0. The quantitative estimate of drug-likeness (QED) is 0.846. The van der Waals surface area contributed by atoms with Crippen molar-refractivity contribution in [3.05, 3.63) is 11.6 Å². The minimum Gasteiger partial charge on any atom is -0.342 e. The van der Waals surface area contributed by atoms with Crippen molar-refractivity contribution in [1.29, 1.82) is 0 Å². The summed E-state index contributed by atoms with van der Waals surface area (Å²) in [7, 11) is 1.81. The first-order valence-electron chi connectivity index (χ1n) is 7.95. The molecule has 7 heteroatoms. The minimum atomic E-state index is -0.305. The minimum absolute atomic E-state index is 0.0185. The maximum absolute atomic E-state index is 12.5. The number of H-pyrrole nitrogens is 1. The molecular formula is C15H25N5O2. The van der Waals surface area contributed by atoms with E-state index in [0.29, 0.717) is 31.8 Å². The number of rotatable bonds is 6. The highest BCUT2D eigenvalue weighted by atomic mass is 16.2. The van der Waals surface area contributed by atoms with Gasteiger partial charge in [-0.15, -0.1) is 0 Å². The van der Waals surface area contributed by atoms with E-state index in [1.165, 1.54) is 0 Å². The van der Waals surface area contributed by atoms with Gasteiger partial charge in [-0.3, -0.25) is 14.7 Å². The molecule has 0 spiro atoms. The topological polar surface area (TPSA) is 82.2 Å². The second-order valence-corrected chi connectivity index (χ2v) is 5.84. The number of nitrogens with zero attached hydrogens (tertiary/aromatic N) is 4. The molecule has 22 heavy (non-hydrogen) atoms. The summed E-state index contributed by atoms with van der Waals surface area (Å²) in [6.45, 7) is 5.14. The molecule has 122 valence electrons. The molecule has 0 aliphatic carbocycles. The number of carbonyl (C=O) groups is 2. The van der Waals surface area contributed by atoms with Gasteiger partial charge < -0.3 is 9.80 Å². The van der Waals surface area contributed by atoms with Crippen LogP contribution in [0.4, 0.5) is 0 Å². The largest absolute Gasteiger partial charge is 0.342 e. The lowest BCUT2D eigenvalue weighted by molar-refractivity contribution is -0.150. The Morgan fingerprint density at radius 2 is 2.18 bits per heavy atom. The van der Waals surface area contributed by atoms with Crippen LogP contribution in [0.15, 0.2) is 0 Å². The van der Waals surface area contributed by atoms with Crippen LogP contribution in [-0.2, 0) is 16.0 Å². The molecule has 0 aromatic carbocycles. The van der Waals surface area contributed by atoms with Crippen LogP contribution in [0.2, 0.25) is 0 Å². The van der Waals surface area contributed by atoms with Crippen molar-refractivity contribution in [2.75, 3.05) is 20.1 Å². The third-order valence-corrected chi connectivity index (χ3v) is 4.07. The number of likely N-dealkylation sites (N-methyl/N-ethyl adjacent to an activating group) is 1. The van der Waals surface area contributed by atoms with Crippen molar-refractivity contribution < 1.29 is 9.59 Å². The van der Waals surface area contributed by atoms with Gasteiger partial charge in [-0.25, -0.2) is 4.98 Å². The molecule has 1 aliphatic heterocycles. The number of aromatic amines is 1. The van der Waals surface area contributed by atoms with E-state index in [-0.39, 0.29) is 17.9 Å². The zero-order valence-corrected chi connectivity index (χ0v) is 13.6. The first kappa shape index (κ1) is 16.5. The van der Waals surface area contributed by atoms with Gasteiger partial charge in [0.25, 0.3) is 0 Å². The van der Waals surface area contributed by atoms with E-state index >= 15 is 0 Å². The summed E-state index contributed by atoms with van der Waals surface area (Å²) < 4.78 is 0. The molecule has 1 aliphatic rings. The van der Waals surface area contributed by atoms with Gasteiger partial charge in [0, 0.05) is 33.0 Å². The van der Waals surface area contributed by atoms with Crippen molar-refractivity contribution in [3.63, 3.8) is 0 Å². The van der Waals surface area contributed by atoms with Crippen molar-refractivity contribution in [2.24, 2.45) is 0 Å². The molecule has 1 atom stereocenters. The van der Waals surface area contributed by atoms with Crippen LogP contribution in [0.3, 0.4) is 0 Å². The number of hydrogen-bond donors (Lipinski definition) is 1. The lowest BCUT2D eigenvalue weighted by Gasteiger charge is -2.39. The Hall–Kier alpha value is -1.92. The molecular weight excluding hydrogens is 282 g/mol. The van der Waals surface area contributed by atoms with Crippen LogP contribution >= 0.6 is 0 Å². The third kappa shape index (κ3) is 3.84. The van der Waals surface area contributed by atoms with Gasteiger partial charge in [-0.1, -0.05) is 19.8 Å². The molecule has 1 fully saturated rings. The smallest absolute Gasteiger partial charge is 0.245 e. The normalized spacial score (nSPS) is 18.9. The number of piperazine rings is 1. The molecule has 2 amide bonds. The molecule has 0 saturated carbocycles. The molecule has 0 bridgehead atoms. The molecule has 7 nitrogen and oxygen atoms in total. The zero-order chi connectivity index (χ0) is 16.1. The van der Waals surface area contributed by atoms with Crippen molar-refractivity contribution in [2.45, 2.75) is 52.0 Å². The van der Waals surface area contributed by atoms with Gasteiger partial charge >= 0.3 is 0 Å². The van der Waals surface area contributed by atoms with E-state index in [2.05, 4.69) is 22.1 Å². The van der Waals surface area contributed by atoms with Gasteiger partial charge in [0.05, 0.1) is 0 Å². The van der Waals surface area contributed by atoms with E-state index in [9.17, 15) is 9.59 Å².